The van der Waals surface area contributed by atoms with E-state index in [4.69, 9.17) is 18.0 Å². The zero-order chi connectivity index (χ0) is 14.9. The molecule has 104 valence electrons. The normalized spacial score (nSPS) is 10.4. The third-order valence-corrected chi connectivity index (χ3v) is 3.74. The number of benzene rings is 1. The fourth-order valence-corrected chi connectivity index (χ4v) is 2.71. The van der Waals surface area contributed by atoms with E-state index in [9.17, 15) is 0 Å². The Morgan fingerprint density at radius 2 is 1.90 bits per heavy atom. The van der Waals surface area contributed by atoms with Crippen molar-refractivity contribution >= 4 is 44.6 Å². The van der Waals surface area contributed by atoms with Crippen molar-refractivity contribution in [3.05, 3.63) is 51.1 Å². The van der Waals surface area contributed by atoms with E-state index in [2.05, 4.69) is 26.2 Å². The highest BCUT2D eigenvalue weighted by Crippen LogP contribution is 2.27. The maximum absolute atomic E-state index is 5.83. The number of thiocarbonyl (C=S) groups is 1. The number of anilines is 2. The van der Waals surface area contributed by atoms with Crippen molar-refractivity contribution < 1.29 is 0 Å². The van der Waals surface area contributed by atoms with E-state index in [0.29, 0.717) is 10.8 Å². The van der Waals surface area contributed by atoms with E-state index in [1.165, 1.54) is 0 Å². The Morgan fingerprint density at radius 3 is 2.55 bits per heavy atom. The predicted molar refractivity (Wildman–Crippen MR) is 91.8 cm³/mol. The first kappa shape index (κ1) is 14.9. The highest BCUT2D eigenvalue weighted by atomic mass is 79.9. The third kappa shape index (κ3) is 3.16. The molecule has 0 aliphatic carbocycles. The minimum absolute atomic E-state index is 0.352. The summed E-state index contributed by atoms with van der Waals surface area (Å²) in [7, 11) is 0. The quantitative estimate of drug-likeness (QED) is 0.817. The first-order valence-electron chi connectivity index (χ1n) is 6.19. The number of rotatable bonds is 3. The van der Waals surface area contributed by atoms with E-state index in [-0.39, 0.29) is 0 Å². The van der Waals surface area contributed by atoms with Crippen LogP contribution in [0.25, 0.3) is 0 Å². The molecule has 2 aromatic rings. The maximum atomic E-state index is 5.83. The van der Waals surface area contributed by atoms with Crippen molar-refractivity contribution in [2.24, 2.45) is 5.73 Å². The molecule has 0 aliphatic heterocycles. The molecule has 3 nitrogen and oxygen atoms in total. The number of nitrogens with two attached hydrogens (primary N) is 1. The van der Waals surface area contributed by atoms with Gasteiger partial charge in [0.1, 0.15) is 10.8 Å². The van der Waals surface area contributed by atoms with Gasteiger partial charge in [-0.2, -0.15) is 0 Å². The van der Waals surface area contributed by atoms with Crippen LogP contribution in [-0.2, 0) is 0 Å². The molecule has 5 heteroatoms. The molecular formula is C15H16BrN3S. The number of aromatic nitrogens is 1. The summed E-state index contributed by atoms with van der Waals surface area (Å²) in [6.45, 7) is 5.98. The molecule has 0 aliphatic rings. The van der Waals surface area contributed by atoms with Crippen LogP contribution in [0.1, 0.15) is 22.4 Å². The minimum atomic E-state index is 0.352. The van der Waals surface area contributed by atoms with Crippen LogP contribution in [0.4, 0.5) is 11.5 Å². The number of hydrogen-bond acceptors (Lipinski definition) is 3. The van der Waals surface area contributed by atoms with Gasteiger partial charge in [0.25, 0.3) is 0 Å². The van der Waals surface area contributed by atoms with Crippen LogP contribution in [0, 0.1) is 20.8 Å². The molecule has 1 aromatic carbocycles. The molecular weight excluding hydrogens is 334 g/mol. The third-order valence-electron chi connectivity index (χ3n) is 3.04. The number of pyridine rings is 1. The lowest BCUT2D eigenvalue weighted by Crippen LogP contribution is -2.15. The van der Waals surface area contributed by atoms with Gasteiger partial charge < -0.3 is 11.1 Å². The second-order valence-corrected chi connectivity index (χ2v) is 6.11. The van der Waals surface area contributed by atoms with Gasteiger partial charge in [0.2, 0.25) is 0 Å². The molecule has 0 spiro atoms. The van der Waals surface area contributed by atoms with Gasteiger partial charge in [-0.1, -0.05) is 34.2 Å². The molecule has 0 bridgehead atoms. The first-order chi connectivity index (χ1) is 9.38. The highest BCUT2D eigenvalue weighted by molar-refractivity contribution is 9.10. The van der Waals surface area contributed by atoms with Crippen LogP contribution in [0.5, 0.6) is 0 Å². The summed E-state index contributed by atoms with van der Waals surface area (Å²) in [4.78, 5) is 4.88. The summed E-state index contributed by atoms with van der Waals surface area (Å²) in [5.74, 6) is 0.705. The van der Waals surface area contributed by atoms with Gasteiger partial charge in [0, 0.05) is 15.9 Å². The molecule has 3 N–H and O–H groups in total. The summed E-state index contributed by atoms with van der Waals surface area (Å²) in [5, 5.41) is 3.34. The molecule has 0 radical (unpaired) electrons. The lowest BCUT2D eigenvalue weighted by Gasteiger charge is -2.15. The van der Waals surface area contributed by atoms with Crippen molar-refractivity contribution in [2.45, 2.75) is 20.8 Å². The number of halogens is 1. The Labute approximate surface area is 132 Å². The molecule has 0 amide bonds. The van der Waals surface area contributed by atoms with Crippen molar-refractivity contribution in [1.82, 2.24) is 4.98 Å². The predicted octanol–water partition coefficient (Wildman–Crippen LogP) is 4.15. The monoisotopic (exact) mass is 349 g/mol. The summed E-state index contributed by atoms with van der Waals surface area (Å²) in [6.07, 6.45) is 0. The Hall–Kier alpha value is -1.46. The topological polar surface area (TPSA) is 50.9 Å². The summed E-state index contributed by atoms with van der Waals surface area (Å²) in [6, 6.07) is 8.03. The Morgan fingerprint density at radius 1 is 1.20 bits per heavy atom. The molecule has 0 fully saturated rings. The van der Waals surface area contributed by atoms with Crippen LogP contribution in [0.15, 0.2) is 28.7 Å². The van der Waals surface area contributed by atoms with Crippen LogP contribution in [0.3, 0.4) is 0 Å². The van der Waals surface area contributed by atoms with Crippen LogP contribution in [0.2, 0.25) is 0 Å². The molecule has 2 rings (SSSR count). The number of nitrogens with one attached hydrogen (secondary N) is 1. The number of nitrogens with zero attached hydrogens (tertiary/aromatic N) is 1. The summed E-state index contributed by atoms with van der Waals surface area (Å²) >= 11 is 8.62. The first-order valence-corrected chi connectivity index (χ1v) is 7.40. The van der Waals surface area contributed by atoms with Crippen molar-refractivity contribution in [3.8, 4) is 0 Å². The Bertz CT molecular complexity index is 683. The second-order valence-electron chi connectivity index (χ2n) is 4.75. The van der Waals surface area contributed by atoms with Gasteiger partial charge in [-0.15, -0.1) is 0 Å². The molecule has 0 saturated carbocycles. The van der Waals surface area contributed by atoms with Gasteiger partial charge in [0.15, 0.2) is 0 Å². The van der Waals surface area contributed by atoms with Crippen molar-refractivity contribution in [1.29, 1.82) is 0 Å². The van der Waals surface area contributed by atoms with Gasteiger partial charge in [-0.05, 0) is 50.1 Å². The lowest BCUT2D eigenvalue weighted by molar-refractivity contribution is 1.16. The minimum Gasteiger partial charge on any atom is -0.389 e. The van der Waals surface area contributed by atoms with Gasteiger partial charge in [0.05, 0.1) is 5.56 Å². The summed E-state index contributed by atoms with van der Waals surface area (Å²) in [5.41, 5.74) is 10.7. The van der Waals surface area contributed by atoms with Crippen LogP contribution >= 0.6 is 28.1 Å². The van der Waals surface area contributed by atoms with E-state index in [0.717, 1.165) is 32.5 Å². The standard InChI is InChI=1S/C15H16BrN3S/c1-8-4-5-11(16)7-12(8)19-15-13(14(17)20)9(2)6-10(3)18-15/h4-7H,1-3H3,(H2,17,20)(H,18,19). The second kappa shape index (κ2) is 5.89. The fraction of sp³-hybridized carbons (Fsp3) is 0.200. The van der Waals surface area contributed by atoms with Crippen molar-refractivity contribution in [2.75, 3.05) is 5.32 Å². The van der Waals surface area contributed by atoms with Gasteiger partial charge in [-0.3, -0.25) is 0 Å². The summed E-state index contributed by atoms with van der Waals surface area (Å²) < 4.78 is 1.01. The van der Waals surface area contributed by atoms with Gasteiger partial charge in [-0.25, -0.2) is 4.98 Å². The van der Waals surface area contributed by atoms with E-state index >= 15 is 0 Å². The van der Waals surface area contributed by atoms with Gasteiger partial charge >= 0.3 is 0 Å². The number of hydrogen-bond donors (Lipinski definition) is 2. The zero-order valence-electron chi connectivity index (χ0n) is 11.6. The molecule has 20 heavy (non-hydrogen) atoms. The molecule has 0 unspecified atom stereocenters. The van der Waals surface area contributed by atoms with Crippen LogP contribution < -0.4 is 11.1 Å². The SMILES string of the molecule is Cc1cc(C)c(C(N)=S)c(Nc2cc(Br)ccc2C)n1. The molecule has 0 saturated heterocycles. The Balaban J connectivity index is 2.53. The van der Waals surface area contributed by atoms with E-state index in [1.807, 2.05) is 45.0 Å². The van der Waals surface area contributed by atoms with Crippen LogP contribution in [-0.4, -0.2) is 9.97 Å². The van der Waals surface area contributed by atoms with E-state index < -0.39 is 0 Å². The fourth-order valence-electron chi connectivity index (χ4n) is 2.09. The largest absolute Gasteiger partial charge is 0.389 e. The van der Waals surface area contributed by atoms with E-state index in [1.54, 1.807) is 0 Å². The lowest BCUT2D eigenvalue weighted by atomic mass is 10.1. The highest BCUT2D eigenvalue weighted by Gasteiger charge is 2.12. The Kier molecular flexibility index (Phi) is 4.40. The molecule has 1 heterocycles. The molecule has 0 atom stereocenters. The average molecular weight is 350 g/mol. The maximum Gasteiger partial charge on any atom is 0.141 e. The zero-order valence-corrected chi connectivity index (χ0v) is 14.0. The molecule has 1 aromatic heterocycles. The number of aryl methyl sites for hydroxylation is 3. The van der Waals surface area contributed by atoms with Crippen molar-refractivity contribution in [3.63, 3.8) is 0 Å². The smallest absolute Gasteiger partial charge is 0.141 e. The average Bonchev–Trinajstić information content (AvgIpc) is 2.32.